The molecule has 128 valence electrons. The predicted molar refractivity (Wildman–Crippen MR) is 94.4 cm³/mol. The second-order valence-corrected chi connectivity index (χ2v) is 6.86. The molecule has 0 aliphatic carbocycles. The molecule has 0 radical (unpaired) electrons. The lowest BCUT2D eigenvalue weighted by Crippen LogP contribution is -2.57. The lowest BCUT2D eigenvalue weighted by Gasteiger charge is -2.47. The highest BCUT2D eigenvalue weighted by atomic mass is 16.5. The topological polar surface area (TPSA) is 56.5 Å². The molecule has 1 N–H and O–H groups in total. The first-order chi connectivity index (χ1) is 12.3. The molecule has 0 bridgehead atoms. The molecule has 2 aromatic rings. The Morgan fingerprint density at radius 3 is 2.48 bits per heavy atom. The fourth-order valence-electron chi connectivity index (χ4n) is 4.29. The molecule has 4 unspecified atom stereocenters. The molecule has 4 rings (SSSR count). The molecule has 2 fully saturated rings. The van der Waals surface area contributed by atoms with Crippen LogP contribution in [0, 0.1) is 11.3 Å². The van der Waals surface area contributed by atoms with Gasteiger partial charge in [-0.2, -0.15) is 5.26 Å². The van der Waals surface area contributed by atoms with Gasteiger partial charge in [0.1, 0.15) is 17.9 Å². The van der Waals surface area contributed by atoms with Crippen LogP contribution in [0.15, 0.2) is 60.7 Å². The summed E-state index contributed by atoms with van der Waals surface area (Å²) in [6, 6.07) is 22.1. The van der Waals surface area contributed by atoms with E-state index in [0.717, 1.165) is 24.0 Å². The maximum absolute atomic E-state index is 11.2. The predicted octanol–water partition coefficient (Wildman–Crippen LogP) is 3.57. The van der Waals surface area contributed by atoms with Gasteiger partial charge in [0.15, 0.2) is 0 Å². The van der Waals surface area contributed by atoms with Crippen molar-refractivity contribution in [1.29, 1.82) is 5.26 Å². The van der Waals surface area contributed by atoms with Gasteiger partial charge in [0.2, 0.25) is 0 Å². The SMILES string of the molecule is N#CC1(C(O)c2ccccc2)CCCC2OCC(c3ccccc3)N21. The summed E-state index contributed by atoms with van der Waals surface area (Å²) in [6.07, 6.45) is 1.43. The Kier molecular flexibility index (Phi) is 4.30. The van der Waals surface area contributed by atoms with E-state index >= 15 is 0 Å². The zero-order valence-electron chi connectivity index (χ0n) is 14.1. The van der Waals surface area contributed by atoms with Crippen molar-refractivity contribution in [3.05, 3.63) is 71.8 Å². The van der Waals surface area contributed by atoms with Crippen LogP contribution >= 0.6 is 0 Å². The lowest BCUT2D eigenvalue weighted by molar-refractivity contribution is -0.0996. The first-order valence-corrected chi connectivity index (χ1v) is 8.85. The third kappa shape index (κ3) is 2.65. The summed E-state index contributed by atoms with van der Waals surface area (Å²) in [5.41, 5.74) is 0.941. The minimum atomic E-state index is -0.971. The van der Waals surface area contributed by atoms with Gasteiger partial charge in [-0.25, -0.2) is 4.90 Å². The van der Waals surface area contributed by atoms with E-state index in [1.54, 1.807) is 0 Å². The van der Waals surface area contributed by atoms with Crippen LogP contribution in [0.4, 0.5) is 0 Å². The van der Waals surface area contributed by atoms with Gasteiger partial charge in [0, 0.05) is 0 Å². The quantitative estimate of drug-likeness (QED) is 0.932. The summed E-state index contributed by atoms with van der Waals surface area (Å²) in [7, 11) is 0. The Balaban J connectivity index is 1.77. The van der Waals surface area contributed by atoms with Crippen molar-refractivity contribution >= 4 is 0 Å². The van der Waals surface area contributed by atoms with Gasteiger partial charge >= 0.3 is 0 Å². The van der Waals surface area contributed by atoms with E-state index in [0.29, 0.717) is 13.0 Å². The van der Waals surface area contributed by atoms with Gasteiger partial charge in [0.25, 0.3) is 0 Å². The number of nitriles is 1. The minimum absolute atomic E-state index is 0.00971. The van der Waals surface area contributed by atoms with E-state index in [-0.39, 0.29) is 12.3 Å². The number of rotatable bonds is 3. The molecule has 4 atom stereocenters. The molecule has 2 heterocycles. The molecule has 2 aliphatic rings. The molecular weight excluding hydrogens is 312 g/mol. The monoisotopic (exact) mass is 334 g/mol. The van der Waals surface area contributed by atoms with Crippen LogP contribution in [0.1, 0.15) is 42.5 Å². The third-order valence-electron chi connectivity index (χ3n) is 5.51. The van der Waals surface area contributed by atoms with E-state index in [1.165, 1.54) is 0 Å². The minimum Gasteiger partial charge on any atom is -0.385 e. The number of piperidine rings is 1. The number of hydrogen-bond acceptors (Lipinski definition) is 4. The van der Waals surface area contributed by atoms with Crippen molar-refractivity contribution in [3.63, 3.8) is 0 Å². The Morgan fingerprint density at radius 2 is 1.80 bits per heavy atom. The first-order valence-electron chi connectivity index (χ1n) is 8.85. The maximum atomic E-state index is 11.2. The summed E-state index contributed by atoms with van der Waals surface area (Å²) in [5.74, 6) is 0. The summed E-state index contributed by atoms with van der Waals surface area (Å²) in [6.45, 7) is 0.555. The van der Waals surface area contributed by atoms with E-state index in [9.17, 15) is 10.4 Å². The zero-order chi connectivity index (χ0) is 17.3. The largest absolute Gasteiger partial charge is 0.385 e. The Labute approximate surface area is 148 Å². The van der Waals surface area contributed by atoms with Gasteiger partial charge in [-0.15, -0.1) is 0 Å². The van der Waals surface area contributed by atoms with Crippen molar-refractivity contribution < 1.29 is 9.84 Å². The van der Waals surface area contributed by atoms with Crippen molar-refractivity contribution in [1.82, 2.24) is 4.90 Å². The molecule has 0 aromatic heterocycles. The Morgan fingerprint density at radius 1 is 1.12 bits per heavy atom. The van der Waals surface area contributed by atoms with Crippen LogP contribution in [0.3, 0.4) is 0 Å². The zero-order valence-corrected chi connectivity index (χ0v) is 14.1. The smallest absolute Gasteiger partial charge is 0.142 e. The van der Waals surface area contributed by atoms with E-state index < -0.39 is 11.6 Å². The third-order valence-corrected chi connectivity index (χ3v) is 5.51. The van der Waals surface area contributed by atoms with Crippen LogP contribution in [0.2, 0.25) is 0 Å². The highest BCUT2D eigenvalue weighted by Crippen LogP contribution is 2.48. The highest BCUT2D eigenvalue weighted by molar-refractivity contribution is 5.30. The van der Waals surface area contributed by atoms with Crippen LogP contribution in [-0.4, -0.2) is 28.4 Å². The van der Waals surface area contributed by atoms with Gasteiger partial charge in [-0.05, 0) is 30.4 Å². The molecule has 0 amide bonds. The molecule has 0 spiro atoms. The molecule has 4 nitrogen and oxygen atoms in total. The first kappa shape index (κ1) is 16.3. The average molecular weight is 334 g/mol. The second-order valence-electron chi connectivity index (χ2n) is 6.86. The van der Waals surface area contributed by atoms with Crippen LogP contribution in [-0.2, 0) is 4.74 Å². The standard InChI is InChI=1S/C21H22N2O2/c22-15-21(20(24)17-10-5-2-6-11-17)13-7-12-19-23(21)18(14-25-19)16-8-3-1-4-9-16/h1-6,8-11,18-20,24H,7,12-14H2. The second kappa shape index (κ2) is 6.61. The normalized spacial score (nSPS) is 30.4. The Bertz CT molecular complexity index is 758. The molecule has 2 saturated heterocycles. The molecule has 0 saturated carbocycles. The molecular formula is C21H22N2O2. The average Bonchev–Trinajstić information content (AvgIpc) is 3.13. The van der Waals surface area contributed by atoms with E-state index in [1.807, 2.05) is 48.5 Å². The highest BCUT2D eigenvalue weighted by Gasteiger charge is 2.55. The van der Waals surface area contributed by atoms with Crippen molar-refractivity contribution in [2.24, 2.45) is 0 Å². The Hall–Kier alpha value is -2.19. The van der Waals surface area contributed by atoms with Gasteiger partial charge < -0.3 is 9.84 Å². The van der Waals surface area contributed by atoms with Gasteiger partial charge in [-0.3, -0.25) is 0 Å². The van der Waals surface area contributed by atoms with Crippen molar-refractivity contribution in [2.45, 2.75) is 43.2 Å². The summed E-state index contributed by atoms with van der Waals surface area (Å²) >= 11 is 0. The van der Waals surface area contributed by atoms with E-state index in [2.05, 4.69) is 23.1 Å². The number of aliphatic hydroxyl groups excluding tert-OH is 1. The number of fused-ring (bicyclic) bond motifs is 1. The van der Waals surface area contributed by atoms with Crippen LogP contribution in [0.25, 0.3) is 0 Å². The molecule has 2 aliphatic heterocycles. The number of hydrogen-bond donors (Lipinski definition) is 1. The summed E-state index contributed by atoms with van der Waals surface area (Å²) < 4.78 is 6.03. The molecule has 25 heavy (non-hydrogen) atoms. The number of benzene rings is 2. The maximum Gasteiger partial charge on any atom is 0.142 e. The fourth-order valence-corrected chi connectivity index (χ4v) is 4.29. The van der Waals surface area contributed by atoms with Crippen LogP contribution in [0.5, 0.6) is 0 Å². The summed E-state index contributed by atoms with van der Waals surface area (Å²) in [5, 5.41) is 21.4. The lowest BCUT2D eigenvalue weighted by atomic mass is 9.78. The van der Waals surface area contributed by atoms with Gasteiger partial charge in [0.05, 0.1) is 18.7 Å². The van der Waals surface area contributed by atoms with Crippen molar-refractivity contribution in [3.8, 4) is 6.07 Å². The van der Waals surface area contributed by atoms with Gasteiger partial charge in [-0.1, -0.05) is 60.7 Å². The molecule has 4 heteroatoms. The van der Waals surface area contributed by atoms with Crippen molar-refractivity contribution in [2.75, 3.05) is 6.61 Å². The number of ether oxygens (including phenoxy) is 1. The van der Waals surface area contributed by atoms with Crippen LogP contribution < -0.4 is 0 Å². The van der Waals surface area contributed by atoms with E-state index in [4.69, 9.17) is 4.74 Å². The number of nitrogens with zero attached hydrogens (tertiary/aromatic N) is 2. The summed E-state index contributed by atoms with van der Waals surface area (Å²) in [4.78, 5) is 2.13. The molecule has 2 aromatic carbocycles. The number of aliphatic hydroxyl groups is 1. The fraction of sp³-hybridized carbons (Fsp3) is 0.381.